The molecule has 0 N–H and O–H groups in total. The number of hydrogen-bond donors (Lipinski definition) is 0. The predicted octanol–water partition coefficient (Wildman–Crippen LogP) is 3.24. The van der Waals surface area contributed by atoms with E-state index in [4.69, 9.17) is 0 Å². The van der Waals surface area contributed by atoms with E-state index >= 15 is 0 Å². The highest BCUT2D eigenvalue weighted by molar-refractivity contribution is 8.13. The molecule has 1 fully saturated rings. The van der Waals surface area contributed by atoms with Crippen LogP contribution in [0.1, 0.15) is 0 Å². The molecule has 0 radical (unpaired) electrons. The first-order valence-electron chi connectivity index (χ1n) is 5.20. The second-order valence-electron chi connectivity index (χ2n) is 6.28. The number of rotatable bonds is 1. The Bertz CT molecular complexity index is 234. The van der Waals surface area contributed by atoms with Gasteiger partial charge in [0, 0.05) is 21.3 Å². The molecule has 0 nitrogen and oxygen atoms in total. The average Bonchev–Trinajstić information content (AvgIpc) is 2.00. The Morgan fingerprint density at radius 2 is 1.00 bits per heavy atom. The summed E-state index contributed by atoms with van der Waals surface area (Å²) < 4.78 is 0. The van der Waals surface area contributed by atoms with Gasteiger partial charge in [-0.05, 0) is 0 Å². The van der Waals surface area contributed by atoms with Crippen LogP contribution in [0.3, 0.4) is 0 Å². The van der Waals surface area contributed by atoms with Crippen molar-refractivity contribution >= 4 is 28.4 Å². The van der Waals surface area contributed by atoms with Gasteiger partial charge in [-0.15, -0.1) is 12.3 Å². The minimum Gasteiger partial charge on any atom is -0.107 e. The highest BCUT2D eigenvalue weighted by Gasteiger charge is 2.76. The summed E-state index contributed by atoms with van der Waals surface area (Å²) >= 11 is 0. The Kier molecular flexibility index (Phi) is 2.33. The Morgan fingerprint density at radius 1 is 0.692 bits per heavy atom. The summed E-state index contributed by atoms with van der Waals surface area (Å²) in [7, 11) is -3.44. The molecule has 0 unspecified atom stereocenters. The second-order valence-corrected chi connectivity index (χ2v) is 53.6. The van der Waals surface area contributed by atoms with E-state index in [2.05, 4.69) is 58.1 Å². The van der Waals surface area contributed by atoms with Crippen molar-refractivity contribution in [2.24, 2.45) is 0 Å². The third-order valence-corrected chi connectivity index (χ3v) is 106. The van der Waals surface area contributed by atoms with Crippen LogP contribution in [-0.2, 0) is 0 Å². The molecule has 0 atom stereocenters. The molecule has 13 heavy (non-hydrogen) atoms. The molecule has 1 aliphatic heterocycles. The zero-order chi connectivity index (χ0) is 10.7. The molecule has 1 saturated heterocycles. The van der Waals surface area contributed by atoms with Gasteiger partial charge < -0.3 is 0 Å². The van der Waals surface area contributed by atoms with Crippen LogP contribution >= 0.6 is 0 Å². The second kappa shape index (κ2) is 2.59. The lowest BCUT2D eigenvalue weighted by Gasteiger charge is -2.72. The Morgan fingerprint density at radius 3 is 1.15 bits per heavy atom. The van der Waals surface area contributed by atoms with Gasteiger partial charge in [0.15, 0.2) is 0 Å². The minimum absolute atomic E-state index is 0.794. The van der Waals surface area contributed by atoms with E-state index in [0.717, 1.165) is 0 Å². The smallest absolute Gasteiger partial charge is 0.0560 e. The van der Waals surface area contributed by atoms with Gasteiger partial charge in [0.25, 0.3) is 0 Å². The van der Waals surface area contributed by atoms with Crippen LogP contribution in [0, 0.1) is 0 Å². The van der Waals surface area contributed by atoms with Crippen molar-refractivity contribution < 1.29 is 0 Å². The molecule has 0 amide bonds. The molecule has 1 heterocycles. The largest absolute Gasteiger partial charge is 0.107 e. The Labute approximate surface area is 86.6 Å². The minimum atomic E-state index is -0.958. The molecule has 1 rings (SSSR count). The standard InChI is InChI=1S/C9H24Si4/c1-9-13(8)11(4,5)10(2,3)12(13,6)7/h9H,1H2,2-8H3. The first kappa shape index (κ1) is 11.7. The van der Waals surface area contributed by atoms with Crippen molar-refractivity contribution in [1.29, 1.82) is 0 Å². The molecule has 0 saturated carbocycles. The molecule has 0 aromatic rings. The van der Waals surface area contributed by atoms with Crippen LogP contribution < -0.4 is 0 Å². The SMILES string of the molecule is C=C[Si]1(C)[Si](C)(C)[Si](C)(C)[Si]1(C)C. The summed E-state index contributed by atoms with van der Waals surface area (Å²) in [6, 6.07) is 0. The van der Waals surface area contributed by atoms with Crippen LogP contribution in [-0.4, -0.2) is 28.4 Å². The van der Waals surface area contributed by atoms with E-state index in [1.165, 1.54) is 0 Å². The van der Waals surface area contributed by atoms with Crippen LogP contribution in [0.4, 0.5) is 0 Å². The molecule has 0 bridgehead atoms. The zero-order valence-electron chi connectivity index (χ0n) is 10.3. The van der Waals surface area contributed by atoms with E-state index in [1.807, 2.05) is 0 Å². The Balaban J connectivity index is 3.26. The third kappa shape index (κ3) is 0.904. The van der Waals surface area contributed by atoms with Crippen molar-refractivity contribution in [1.82, 2.24) is 0 Å². The van der Waals surface area contributed by atoms with E-state index in [9.17, 15) is 0 Å². The fourth-order valence-corrected chi connectivity index (χ4v) is 137. The van der Waals surface area contributed by atoms with Gasteiger partial charge in [-0.1, -0.05) is 45.8 Å². The predicted molar refractivity (Wildman–Crippen MR) is 74.3 cm³/mol. The third-order valence-electron chi connectivity index (χ3n) is 6.13. The molecule has 0 spiro atoms. The maximum Gasteiger partial charge on any atom is 0.0560 e. The molecule has 1 aliphatic rings. The molecular weight excluding hydrogens is 220 g/mol. The van der Waals surface area contributed by atoms with Crippen LogP contribution in [0.25, 0.3) is 0 Å². The average molecular weight is 245 g/mol. The lowest BCUT2D eigenvalue weighted by Crippen LogP contribution is -3.01. The zero-order valence-corrected chi connectivity index (χ0v) is 14.3. The normalized spacial score (nSPS) is 31.9. The van der Waals surface area contributed by atoms with Crippen molar-refractivity contribution in [2.75, 3.05) is 0 Å². The Hall–Kier alpha value is 0.608. The molecule has 0 aromatic heterocycles. The highest BCUT2D eigenvalue weighted by Crippen LogP contribution is 2.51. The molecule has 4 heteroatoms. The first-order chi connectivity index (χ1) is 5.56. The van der Waals surface area contributed by atoms with Gasteiger partial charge in [0.1, 0.15) is 0 Å². The van der Waals surface area contributed by atoms with Crippen LogP contribution in [0.2, 0.25) is 45.8 Å². The van der Waals surface area contributed by atoms with Crippen LogP contribution in [0.15, 0.2) is 12.3 Å². The van der Waals surface area contributed by atoms with E-state index < -0.39 is 28.4 Å². The summed E-state index contributed by atoms with van der Waals surface area (Å²) in [5.74, 6) is 0. The van der Waals surface area contributed by atoms with Gasteiger partial charge in [0.2, 0.25) is 0 Å². The topological polar surface area (TPSA) is 0 Å². The summed E-state index contributed by atoms with van der Waals surface area (Å²) in [6.07, 6.45) is 0. The maximum atomic E-state index is 4.16. The van der Waals surface area contributed by atoms with Gasteiger partial charge in [-0.2, -0.15) is 0 Å². The quantitative estimate of drug-likeness (QED) is 0.621. The maximum absolute atomic E-state index is 4.16. The van der Waals surface area contributed by atoms with Crippen molar-refractivity contribution in [3.05, 3.63) is 12.3 Å². The van der Waals surface area contributed by atoms with E-state index in [-0.39, 0.29) is 0 Å². The van der Waals surface area contributed by atoms with Crippen molar-refractivity contribution in [2.45, 2.75) is 45.8 Å². The molecule has 0 aliphatic carbocycles. The van der Waals surface area contributed by atoms with Gasteiger partial charge in [-0.3, -0.25) is 0 Å². The summed E-state index contributed by atoms with van der Waals surface area (Å²) in [4.78, 5) is 0. The molecule has 76 valence electrons. The fourth-order valence-electron chi connectivity index (χ4n) is 3.31. The van der Waals surface area contributed by atoms with Crippen molar-refractivity contribution in [3.8, 4) is 0 Å². The van der Waals surface area contributed by atoms with Crippen LogP contribution in [0.5, 0.6) is 0 Å². The summed E-state index contributed by atoms with van der Waals surface area (Å²) in [5, 5.41) is 0. The summed E-state index contributed by atoms with van der Waals surface area (Å²) in [6.45, 7) is 22.8. The summed E-state index contributed by atoms with van der Waals surface area (Å²) in [5.41, 5.74) is 2.45. The lowest BCUT2D eigenvalue weighted by molar-refractivity contribution is 1.74. The monoisotopic (exact) mass is 244 g/mol. The highest BCUT2D eigenvalue weighted by atomic mass is 30.2. The fraction of sp³-hybridized carbons (Fsp3) is 0.778. The van der Waals surface area contributed by atoms with Gasteiger partial charge in [-0.25, -0.2) is 0 Å². The van der Waals surface area contributed by atoms with Crippen molar-refractivity contribution in [3.63, 3.8) is 0 Å². The first-order valence-corrected chi connectivity index (χ1v) is 20.8. The van der Waals surface area contributed by atoms with E-state index in [1.54, 1.807) is 0 Å². The molecular formula is C9H24Si4. The number of hydrogen-bond acceptors (Lipinski definition) is 0. The lowest BCUT2D eigenvalue weighted by atomic mass is 11.3. The molecule has 0 aromatic carbocycles. The van der Waals surface area contributed by atoms with Gasteiger partial charge >= 0.3 is 0 Å². The van der Waals surface area contributed by atoms with Gasteiger partial charge in [0.05, 0.1) is 7.11 Å². The van der Waals surface area contributed by atoms with E-state index in [0.29, 0.717) is 0 Å².